The highest BCUT2D eigenvalue weighted by atomic mass is 35.5. The summed E-state index contributed by atoms with van der Waals surface area (Å²) in [6.45, 7) is 3.30. The number of amides is 1. The quantitative estimate of drug-likeness (QED) is 0.665. The van der Waals surface area contributed by atoms with Crippen molar-refractivity contribution in [1.82, 2.24) is 10.6 Å². The molecule has 0 bridgehead atoms. The fourth-order valence-electron chi connectivity index (χ4n) is 0.591. The first-order valence-corrected chi connectivity index (χ1v) is 3.95. The lowest BCUT2D eigenvalue weighted by Crippen LogP contribution is -2.25. The summed E-state index contributed by atoms with van der Waals surface area (Å²) in [4.78, 5) is 10.9. The molecule has 1 atom stereocenters. The van der Waals surface area contributed by atoms with Gasteiger partial charge in [0, 0.05) is 18.9 Å². The first kappa shape index (κ1) is 11.1. The zero-order valence-electron chi connectivity index (χ0n) is 7.35. The standard InChI is InChI=1S/C7H13ClN2O2/c1-5(4-9-3)10-7(11)12-6(2)8/h4,6,9H,1-3H3,(H,10,11)/b5-4+. The van der Waals surface area contributed by atoms with E-state index in [-0.39, 0.29) is 0 Å². The predicted octanol–water partition coefficient (Wildman–Crippen LogP) is 1.38. The SMILES string of the molecule is CN/C=C(\C)NC(=O)OC(C)Cl. The number of allylic oxidation sites excluding steroid dienone is 1. The molecule has 4 nitrogen and oxygen atoms in total. The van der Waals surface area contributed by atoms with Gasteiger partial charge in [-0.1, -0.05) is 11.6 Å². The van der Waals surface area contributed by atoms with Gasteiger partial charge in [-0.15, -0.1) is 0 Å². The van der Waals surface area contributed by atoms with E-state index >= 15 is 0 Å². The molecule has 2 N–H and O–H groups in total. The third-order valence-corrected chi connectivity index (χ3v) is 1.02. The molecule has 5 heteroatoms. The maximum atomic E-state index is 10.9. The lowest BCUT2D eigenvalue weighted by Gasteiger charge is -2.07. The summed E-state index contributed by atoms with van der Waals surface area (Å²) >= 11 is 5.41. The molecule has 0 aliphatic heterocycles. The molecule has 12 heavy (non-hydrogen) atoms. The molecule has 0 saturated heterocycles. The summed E-state index contributed by atoms with van der Waals surface area (Å²) < 4.78 is 4.61. The fraction of sp³-hybridized carbons (Fsp3) is 0.571. The molecular weight excluding hydrogens is 180 g/mol. The van der Waals surface area contributed by atoms with Crippen LogP contribution in [0.15, 0.2) is 11.9 Å². The fourth-order valence-corrected chi connectivity index (χ4v) is 0.671. The van der Waals surface area contributed by atoms with Crippen LogP contribution in [0.1, 0.15) is 13.8 Å². The van der Waals surface area contributed by atoms with Crippen LogP contribution in [0.5, 0.6) is 0 Å². The molecule has 1 unspecified atom stereocenters. The largest absolute Gasteiger partial charge is 0.430 e. The van der Waals surface area contributed by atoms with Crippen LogP contribution in [-0.4, -0.2) is 18.7 Å². The van der Waals surface area contributed by atoms with Gasteiger partial charge in [-0.3, -0.25) is 5.32 Å². The van der Waals surface area contributed by atoms with Gasteiger partial charge in [0.15, 0.2) is 5.56 Å². The van der Waals surface area contributed by atoms with Crippen molar-refractivity contribution in [1.29, 1.82) is 0 Å². The van der Waals surface area contributed by atoms with Crippen LogP contribution in [0.4, 0.5) is 4.79 Å². The van der Waals surface area contributed by atoms with Gasteiger partial charge in [0.2, 0.25) is 0 Å². The number of halogens is 1. The van der Waals surface area contributed by atoms with Gasteiger partial charge >= 0.3 is 6.09 Å². The first-order chi connectivity index (χ1) is 5.56. The number of hydrogen-bond donors (Lipinski definition) is 2. The third-order valence-electron chi connectivity index (χ3n) is 0.930. The van der Waals surface area contributed by atoms with Gasteiger partial charge in [-0.2, -0.15) is 0 Å². The summed E-state index contributed by atoms with van der Waals surface area (Å²) in [5.41, 5.74) is 0.0483. The van der Waals surface area contributed by atoms with E-state index in [9.17, 15) is 4.79 Å². The third kappa shape index (κ3) is 5.85. The highest BCUT2D eigenvalue weighted by molar-refractivity contribution is 6.19. The summed E-state index contributed by atoms with van der Waals surface area (Å²) in [5.74, 6) is 0. The minimum atomic E-state index is -0.618. The zero-order valence-corrected chi connectivity index (χ0v) is 8.11. The Bertz CT molecular complexity index is 180. The molecule has 0 radical (unpaired) electrons. The first-order valence-electron chi connectivity index (χ1n) is 3.52. The molecule has 0 aliphatic carbocycles. The Hall–Kier alpha value is -0.900. The van der Waals surface area contributed by atoms with Crippen molar-refractivity contribution in [2.75, 3.05) is 7.05 Å². The Labute approximate surface area is 76.9 Å². The second-order valence-electron chi connectivity index (χ2n) is 2.19. The van der Waals surface area contributed by atoms with Gasteiger partial charge in [-0.05, 0) is 13.8 Å². The van der Waals surface area contributed by atoms with Gasteiger partial charge in [0.1, 0.15) is 0 Å². The van der Waals surface area contributed by atoms with Crippen molar-refractivity contribution in [3.63, 3.8) is 0 Å². The van der Waals surface area contributed by atoms with Gasteiger partial charge in [0.05, 0.1) is 0 Å². The predicted molar refractivity (Wildman–Crippen MR) is 47.7 cm³/mol. The molecule has 0 fully saturated rings. The summed E-state index contributed by atoms with van der Waals surface area (Å²) in [5, 5.41) is 5.23. The Kier molecular flexibility index (Phi) is 5.28. The van der Waals surface area contributed by atoms with Gasteiger partial charge < -0.3 is 10.1 Å². The van der Waals surface area contributed by atoms with Crippen LogP contribution in [0.3, 0.4) is 0 Å². The molecule has 0 aromatic heterocycles. The van der Waals surface area contributed by atoms with Crippen molar-refractivity contribution in [2.24, 2.45) is 0 Å². The van der Waals surface area contributed by atoms with E-state index in [4.69, 9.17) is 11.6 Å². The molecular formula is C7H13ClN2O2. The molecule has 1 amide bonds. The maximum absolute atomic E-state index is 10.9. The van der Waals surface area contributed by atoms with Crippen molar-refractivity contribution in [2.45, 2.75) is 19.4 Å². The van der Waals surface area contributed by atoms with E-state index in [2.05, 4.69) is 15.4 Å². The minimum Gasteiger partial charge on any atom is -0.430 e. The molecule has 0 aliphatic rings. The van der Waals surface area contributed by atoms with Crippen LogP contribution in [0, 0.1) is 0 Å². The summed E-state index contributed by atoms with van der Waals surface area (Å²) in [7, 11) is 1.74. The zero-order chi connectivity index (χ0) is 9.56. The number of carbonyl (C=O) groups excluding carboxylic acids is 1. The lowest BCUT2D eigenvalue weighted by molar-refractivity contribution is 0.141. The number of alkyl carbamates (subject to hydrolysis) is 1. The van der Waals surface area contributed by atoms with Crippen molar-refractivity contribution in [3.05, 3.63) is 11.9 Å². The maximum Gasteiger partial charge on any atom is 0.412 e. The van der Waals surface area contributed by atoms with Gasteiger partial charge in [0.25, 0.3) is 0 Å². The average molecular weight is 193 g/mol. The number of alkyl halides is 1. The Balaban J connectivity index is 3.77. The second-order valence-corrected chi connectivity index (χ2v) is 2.80. The second kappa shape index (κ2) is 5.71. The highest BCUT2D eigenvalue weighted by Crippen LogP contribution is 1.96. The topological polar surface area (TPSA) is 50.4 Å². The van der Waals surface area contributed by atoms with Crippen molar-refractivity contribution in [3.8, 4) is 0 Å². The molecule has 0 saturated carbocycles. The van der Waals surface area contributed by atoms with E-state index in [1.165, 1.54) is 0 Å². The lowest BCUT2D eigenvalue weighted by atomic mass is 10.5. The molecule has 0 aromatic rings. The summed E-state index contributed by atoms with van der Waals surface area (Å²) in [6, 6.07) is 0. The van der Waals surface area contributed by atoms with Crippen LogP contribution in [0.25, 0.3) is 0 Å². The van der Waals surface area contributed by atoms with Crippen LogP contribution in [-0.2, 0) is 4.74 Å². The Morgan fingerprint density at radius 3 is 2.67 bits per heavy atom. The average Bonchev–Trinajstić information content (AvgIpc) is 1.84. The molecule has 0 rings (SSSR count). The minimum absolute atomic E-state index is 0.554. The summed E-state index contributed by atoms with van der Waals surface area (Å²) in [6.07, 6.45) is 1.08. The van der Waals surface area contributed by atoms with E-state index in [0.717, 1.165) is 0 Å². The monoisotopic (exact) mass is 192 g/mol. The van der Waals surface area contributed by atoms with E-state index in [1.54, 1.807) is 27.1 Å². The molecule has 0 aromatic carbocycles. The van der Waals surface area contributed by atoms with E-state index < -0.39 is 11.7 Å². The van der Waals surface area contributed by atoms with Crippen molar-refractivity contribution >= 4 is 17.7 Å². The number of rotatable bonds is 3. The normalized spacial score (nSPS) is 13.5. The van der Waals surface area contributed by atoms with Crippen LogP contribution >= 0.6 is 11.6 Å². The van der Waals surface area contributed by atoms with Crippen LogP contribution < -0.4 is 10.6 Å². The Morgan fingerprint density at radius 2 is 2.25 bits per heavy atom. The van der Waals surface area contributed by atoms with Crippen LogP contribution in [0.2, 0.25) is 0 Å². The number of ether oxygens (including phenoxy) is 1. The van der Waals surface area contributed by atoms with E-state index in [1.807, 2.05) is 0 Å². The van der Waals surface area contributed by atoms with Gasteiger partial charge in [-0.25, -0.2) is 4.79 Å². The Morgan fingerprint density at radius 1 is 1.67 bits per heavy atom. The van der Waals surface area contributed by atoms with E-state index in [0.29, 0.717) is 5.70 Å². The molecule has 0 spiro atoms. The number of nitrogens with one attached hydrogen (secondary N) is 2. The number of carbonyl (C=O) groups is 1. The molecule has 70 valence electrons. The molecule has 0 heterocycles. The van der Waals surface area contributed by atoms with Crippen molar-refractivity contribution < 1.29 is 9.53 Å². The number of hydrogen-bond acceptors (Lipinski definition) is 3. The highest BCUT2D eigenvalue weighted by Gasteiger charge is 2.04. The smallest absolute Gasteiger partial charge is 0.412 e.